The number of thioether (sulfide) groups is 1. The van der Waals surface area contributed by atoms with Crippen molar-refractivity contribution in [2.45, 2.75) is 0 Å². The molecule has 0 aromatic heterocycles. The molecule has 10 heteroatoms. The number of hydrogen-bond acceptors (Lipinski definition) is 5. The number of carbonyl (C=O) groups excluding carboxylic acids is 2. The summed E-state index contributed by atoms with van der Waals surface area (Å²) in [4.78, 5) is 25.4. The Morgan fingerprint density at radius 2 is 1.81 bits per heavy atom. The van der Waals surface area contributed by atoms with Crippen LogP contribution >= 0.6 is 80.8 Å². The van der Waals surface area contributed by atoms with Crippen molar-refractivity contribution in [2.75, 3.05) is 0 Å². The first-order chi connectivity index (χ1) is 12.8. The highest BCUT2D eigenvalue weighted by molar-refractivity contribution is 14.1. The second-order valence-corrected chi connectivity index (χ2v) is 9.73. The van der Waals surface area contributed by atoms with Crippen molar-refractivity contribution in [3.63, 3.8) is 0 Å². The van der Waals surface area contributed by atoms with Gasteiger partial charge in [0, 0.05) is 10.6 Å². The zero-order valence-corrected chi connectivity index (χ0v) is 19.9. The Kier molecular flexibility index (Phi) is 6.66. The molecule has 3 rings (SSSR count). The number of halogens is 3. The second-order valence-electron chi connectivity index (χ2n) is 5.30. The fourth-order valence-electron chi connectivity index (χ4n) is 2.15. The maximum Gasteiger partial charge on any atom is 0.285 e. The molecule has 0 saturated carbocycles. The first-order valence-electron chi connectivity index (χ1n) is 7.29. The van der Waals surface area contributed by atoms with Crippen molar-refractivity contribution in [3.8, 4) is 5.75 Å². The molecule has 1 aliphatic rings. The largest absolute Gasteiger partial charge is 0.506 e. The molecule has 1 heterocycles. The van der Waals surface area contributed by atoms with Gasteiger partial charge < -0.3 is 5.11 Å². The monoisotopic (exact) mass is 642 g/mol. The van der Waals surface area contributed by atoms with Crippen molar-refractivity contribution in [1.82, 2.24) is 10.4 Å². The molecule has 138 valence electrons. The third-order valence-corrected chi connectivity index (χ3v) is 6.65. The number of rotatable bonds is 3. The Morgan fingerprint density at radius 1 is 1.22 bits per heavy atom. The summed E-state index contributed by atoms with van der Waals surface area (Å²) in [6.07, 6.45) is 1.68. The molecule has 2 aromatic rings. The highest BCUT2D eigenvalue weighted by Crippen LogP contribution is 2.33. The number of nitrogens with zero attached hydrogens (tertiary/aromatic N) is 1. The van der Waals surface area contributed by atoms with E-state index in [2.05, 4.69) is 5.43 Å². The van der Waals surface area contributed by atoms with Crippen LogP contribution in [-0.4, -0.2) is 26.3 Å². The van der Waals surface area contributed by atoms with Crippen LogP contribution in [0.3, 0.4) is 0 Å². The van der Waals surface area contributed by atoms with E-state index in [1.807, 2.05) is 45.2 Å². The zero-order chi connectivity index (χ0) is 19.7. The van der Waals surface area contributed by atoms with Crippen LogP contribution in [0.5, 0.6) is 5.75 Å². The van der Waals surface area contributed by atoms with Crippen molar-refractivity contribution < 1.29 is 14.7 Å². The van der Waals surface area contributed by atoms with E-state index in [0.717, 1.165) is 22.3 Å². The first kappa shape index (κ1) is 20.8. The second kappa shape index (κ2) is 8.64. The van der Waals surface area contributed by atoms with Crippen LogP contribution in [0.2, 0.25) is 5.02 Å². The van der Waals surface area contributed by atoms with E-state index in [1.165, 1.54) is 0 Å². The van der Waals surface area contributed by atoms with Gasteiger partial charge in [0.25, 0.3) is 11.8 Å². The smallest absolute Gasteiger partial charge is 0.285 e. The van der Waals surface area contributed by atoms with E-state index in [9.17, 15) is 14.7 Å². The molecule has 5 nitrogen and oxygen atoms in total. The number of hydrazine groups is 1. The van der Waals surface area contributed by atoms with Crippen molar-refractivity contribution in [3.05, 3.63) is 64.6 Å². The number of hydrogen-bond donors (Lipinski definition) is 2. The summed E-state index contributed by atoms with van der Waals surface area (Å²) in [6, 6.07) is 9.83. The lowest BCUT2D eigenvalue weighted by Crippen LogP contribution is -2.44. The molecule has 0 bridgehead atoms. The van der Waals surface area contributed by atoms with E-state index >= 15 is 0 Å². The summed E-state index contributed by atoms with van der Waals surface area (Å²) in [6.45, 7) is 0. The number of phenolic OH excluding ortho intramolecular Hbond substituents is 1. The fraction of sp³-hybridized carbons (Fsp3) is 0. The Bertz CT molecular complexity index is 973. The number of carbonyl (C=O) groups is 2. The van der Waals surface area contributed by atoms with Crippen LogP contribution in [-0.2, 0) is 4.79 Å². The van der Waals surface area contributed by atoms with Gasteiger partial charge in [0.05, 0.1) is 12.0 Å². The van der Waals surface area contributed by atoms with Crippen LogP contribution in [0, 0.1) is 7.14 Å². The molecule has 2 N–H and O–H groups in total. The van der Waals surface area contributed by atoms with Gasteiger partial charge in [-0.2, -0.15) is 5.01 Å². The van der Waals surface area contributed by atoms with E-state index < -0.39 is 11.8 Å². The van der Waals surface area contributed by atoms with E-state index in [4.69, 9.17) is 23.8 Å². The number of aromatic hydroxyl groups is 1. The molecule has 0 unspecified atom stereocenters. The number of thiocarbonyl (C=S) groups is 1. The summed E-state index contributed by atoms with van der Waals surface area (Å²) in [5.41, 5.74) is 3.63. The number of phenols is 1. The van der Waals surface area contributed by atoms with Crippen LogP contribution < -0.4 is 5.43 Å². The first-order valence-corrected chi connectivity index (χ1v) is 11.0. The van der Waals surface area contributed by atoms with Gasteiger partial charge in [-0.15, -0.1) is 0 Å². The normalized spacial score (nSPS) is 15.5. The number of amides is 2. The predicted octanol–water partition coefficient (Wildman–Crippen LogP) is 4.80. The van der Waals surface area contributed by atoms with Gasteiger partial charge in [-0.25, -0.2) is 0 Å². The van der Waals surface area contributed by atoms with Crippen LogP contribution in [0.1, 0.15) is 15.9 Å². The quantitative estimate of drug-likeness (QED) is 0.286. The molecule has 1 fully saturated rings. The highest BCUT2D eigenvalue weighted by Gasteiger charge is 2.33. The van der Waals surface area contributed by atoms with Crippen molar-refractivity contribution in [2.24, 2.45) is 0 Å². The van der Waals surface area contributed by atoms with Gasteiger partial charge in [-0.3, -0.25) is 15.0 Å². The van der Waals surface area contributed by atoms with Crippen molar-refractivity contribution >= 4 is 103 Å². The molecule has 0 atom stereocenters. The average Bonchev–Trinajstić information content (AvgIpc) is 2.87. The molecule has 2 aromatic carbocycles. The Morgan fingerprint density at radius 3 is 2.41 bits per heavy atom. The molecule has 0 aliphatic carbocycles. The van der Waals surface area contributed by atoms with Crippen LogP contribution in [0.25, 0.3) is 6.08 Å². The van der Waals surface area contributed by atoms with Gasteiger partial charge in [-0.1, -0.05) is 23.4 Å². The molecule has 0 radical (unpaired) electrons. The minimum absolute atomic E-state index is 0.205. The number of nitrogens with one attached hydrogen (secondary N) is 1. The summed E-state index contributed by atoms with van der Waals surface area (Å²) in [5, 5.41) is 11.4. The highest BCUT2D eigenvalue weighted by atomic mass is 127. The summed E-state index contributed by atoms with van der Waals surface area (Å²) >= 11 is 16.2. The zero-order valence-electron chi connectivity index (χ0n) is 13.2. The van der Waals surface area contributed by atoms with Gasteiger partial charge in [0.1, 0.15) is 5.75 Å². The van der Waals surface area contributed by atoms with E-state index in [1.54, 1.807) is 42.5 Å². The topological polar surface area (TPSA) is 69.6 Å². The summed E-state index contributed by atoms with van der Waals surface area (Å²) in [7, 11) is 0. The SMILES string of the molecule is O=C(NN1C(=O)/C(=C\c2cc(I)c(O)c(I)c2)SC1=S)c1ccc(Cl)cc1. The molecule has 27 heavy (non-hydrogen) atoms. The van der Waals surface area contributed by atoms with Crippen LogP contribution in [0.4, 0.5) is 0 Å². The molecule has 2 amide bonds. The molecule has 0 spiro atoms. The van der Waals surface area contributed by atoms with Crippen LogP contribution in [0.15, 0.2) is 41.3 Å². The van der Waals surface area contributed by atoms with E-state index in [0.29, 0.717) is 22.6 Å². The van der Waals surface area contributed by atoms with Gasteiger partial charge in [0.15, 0.2) is 4.32 Å². The summed E-state index contributed by atoms with van der Waals surface area (Å²) in [5.74, 6) is -0.667. The van der Waals surface area contributed by atoms with Crippen molar-refractivity contribution in [1.29, 1.82) is 0 Å². The van der Waals surface area contributed by atoms with Gasteiger partial charge in [-0.05, 0) is 105 Å². The third-order valence-electron chi connectivity index (χ3n) is 3.45. The van der Waals surface area contributed by atoms with Gasteiger partial charge in [0.2, 0.25) is 0 Å². The molecular weight excluding hydrogens is 634 g/mol. The summed E-state index contributed by atoms with van der Waals surface area (Å²) < 4.78 is 1.59. The maximum absolute atomic E-state index is 12.6. The Hall–Kier alpha value is -0.890. The minimum Gasteiger partial charge on any atom is -0.506 e. The predicted molar refractivity (Wildman–Crippen MR) is 127 cm³/mol. The van der Waals surface area contributed by atoms with Gasteiger partial charge >= 0.3 is 0 Å². The maximum atomic E-state index is 12.6. The fourth-order valence-corrected chi connectivity index (χ4v) is 5.27. The van der Waals surface area contributed by atoms with E-state index in [-0.39, 0.29) is 10.1 Å². The third kappa shape index (κ3) is 4.75. The lowest BCUT2D eigenvalue weighted by Gasteiger charge is -2.15. The average molecular weight is 643 g/mol. The number of benzene rings is 2. The molecule has 1 saturated heterocycles. The lowest BCUT2D eigenvalue weighted by molar-refractivity contribution is -0.123. The Balaban J connectivity index is 1.80. The molecule has 1 aliphatic heterocycles. The Labute approximate surface area is 196 Å². The standard InChI is InChI=1S/C17H9ClI2N2O3S2/c18-10-3-1-9(2-4-10)15(24)21-22-16(25)13(27-17(22)26)7-8-5-11(19)14(23)12(20)6-8/h1-7,23H,(H,21,24)/b13-7+. The minimum atomic E-state index is -0.460. The molecular formula is C17H9ClI2N2O3S2. The lowest BCUT2D eigenvalue weighted by atomic mass is 10.2.